The molecule has 5 nitrogen and oxygen atoms in total. The zero-order valence-corrected chi connectivity index (χ0v) is 8.19. The van der Waals surface area contributed by atoms with E-state index in [1.165, 1.54) is 4.90 Å². The van der Waals surface area contributed by atoms with Gasteiger partial charge in [-0.25, -0.2) is 0 Å². The standard InChI is InChI=1S/C10H10N2O3/c1-12-7-4-6(10(11)14)2-3-8(7)15-5-9(12)13/h2-4H,5H2,1H3,(H2,11,14). The van der Waals surface area contributed by atoms with Crippen molar-refractivity contribution in [3.8, 4) is 5.75 Å². The van der Waals surface area contributed by atoms with Crippen molar-refractivity contribution in [3.63, 3.8) is 0 Å². The third kappa shape index (κ3) is 1.52. The lowest BCUT2D eigenvalue weighted by Crippen LogP contribution is -2.35. The van der Waals surface area contributed by atoms with E-state index in [1.54, 1.807) is 25.2 Å². The van der Waals surface area contributed by atoms with Gasteiger partial charge in [0.25, 0.3) is 5.91 Å². The number of rotatable bonds is 1. The van der Waals surface area contributed by atoms with Crippen molar-refractivity contribution in [1.29, 1.82) is 0 Å². The van der Waals surface area contributed by atoms with Crippen LogP contribution in [0.3, 0.4) is 0 Å². The number of ether oxygens (including phenoxy) is 1. The zero-order valence-electron chi connectivity index (χ0n) is 8.19. The Kier molecular flexibility index (Phi) is 2.07. The van der Waals surface area contributed by atoms with E-state index in [9.17, 15) is 9.59 Å². The van der Waals surface area contributed by atoms with Gasteiger partial charge in [0.1, 0.15) is 5.75 Å². The van der Waals surface area contributed by atoms with Crippen molar-refractivity contribution < 1.29 is 14.3 Å². The van der Waals surface area contributed by atoms with Gasteiger partial charge in [0.05, 0.1) is 5.69 Å². The van der Waals surface area contributed by atoms with Crippen LogP contribution in [0.4, 0.5) is 5.69 Å². The SMILES string of the molecule is CN1C(=O)COc2ccc(C(N)=O)cc21. The van der Waals surface area contributed by atoms with E-state index in [4.69, 9.17) is 10.5 Å². The molecule has 0 unspecified atom stereocenters. The first kappa shape index (κ1) is 9.51. The molecule has 0 saturated heterocycles. The summed E-state index contributed by atoms with van der Waals surface area (Å²) in [7, 11) is 1.63. The second-order valence-electron chi connectivity index (χ2n) is 3.29. The molecule has 78 valence electrons. The normalized spacial score (nSPS) is 14.5. The van der Waals surface area contributed by atoms with Gasteiger partial charge in [-0.15, -0.1) is 0 Å². The first-order valence-corrected chi connectivity index (χ1v) is 4.43. The number of carbonyl (C=O) groups is 2. The molecule has 1 heterocycles. The van der Waals surface area contributed by atoms with Gasteiger partial charge in [0, 0.05) is 12.6 Å². The maximum absolute atomic E-state index is 11.3. The molecule has 0 radical (unpaired) electrons. The number of anilines is 1. The fourth-order valence-electron chi connectivity index (χ4n) is 1.43. The molecule has 0 bridgehead atoms. The maximum atomic E-state index is 11.3. The monoisotopic (exact) mass is 206 g/mol. The van der Waals surface area contributed by atoms with Gasteiger partial charge in [-0.1, -0.05) is 0 Å². The summed E-state index contributed by atoms with van der Waals surface area (Å²) in [4.78, 5) is 23.7. The Morgan fingerprint density at radius 2 is 2.27 bits per heavy atom. The highest BCUT2D eigenvalue weighted by Crippen LogP contribution is 2.31. The minimum Gasteiger partial charge on any atom is -0.482 e. The Balaban J connectivity index is 2.50. The van der Waals surface area contributed by atoms with Crippen molar-refractivity contribution in [3.05, 3.63) is 23.8 Å². The average Bonchev–Trinajstić information content (AvgIpc) is 2.23. The highest BCUT2D eigenvalue weighted by atomic mass is 16.5. The summed E-state index contributed by atoms with van der Waals surface area (Å²) in [5.74, 6) is -0.0876. The maximum Gasteiger partial charge on any atom is 0.264 e. The van der Waals surface area contributed by atoms with Crippen molar-refractivity contribution in [2.75, 3.05) is 18.6 Å². The number of carbonyl (C=O) groups excluding carboxylic acids is 2. The fraction of sp³-hybridized carbons (Fsp3) is 0.200. The van der Waals surface area contributed by atoms with Crippen LogP contribution in [0.2, 0.25) is 0 Å². The average molecular weight is 206 g/mol. The van der Waals surface area contributed by atoms with Crippen molar-refractivity contribution in [1.82, 2.24) is 0 Å². The molecule has 1 aliphatic heterocycles. The van der Waals surface area contributed by atoms with E-state index in [0.717, 1.165) is 0 Å². The second-order valence-corrected chi connectivity index (χ2v) is 3.29. The van der Waals surface area contributed by atoms with Crippen LogP contribution in [0.15, 0.2) is 18.2 Å². The Bertz CT molecular complexity index is 442. The number of nitrogens with two attached hydrogens (primary N) is 1. The molecular formula is C10H10N2O3. The van der Waals surface area contributed by atoms with E-state index in [-0.39, 0.29) is 12.5 Å². The summed E-state index contributed by atoms with van der Waals surface area (Å²) >= 11 is 0. The highest BCUT2D eigenvalue weighted by molar-refractivity contribution is 6.00. The minimum absolute atomic E-state index is 0.0272. The predicted molar refractivity (Wildman–Crippen MR) is 53.9 cm³/mol. The molecule has 1 aromatic carbocycles. The lowest BCUT2D eigenvalue weighted by molar-refractivity contribution is -0.120. The van der Waals surface area contributed by atoms with Crippen molar-refractivity contribution in [2.45, 2.75) is 0 Å². The molecule has 2 N–H and O–H groups in total. The van der Waals surface area contributed by atoms with E-state index >= 15 is 0 Å². The quantitative estimate of drug-likeness (QED) is 0.710. The molecule has 1 aliphatic rings. The van der Waals surface area contributed by atoms with Crippen LogP contribution in [0.1, 0.15) is 10.4 Å². The molecular weight excluding hydrogens is 196 g/mol. The predicted octanol–water partition coefficient (Wildman–Crippen LogP) is 0.141. The van der Waals surface area contributed by atoms with Crippen LogP contribution < -0.4 is 15.4 Å². The Hall–Kier alpha value is -2.04. The van der Waals surface area contributed by atoms with Gasteiger partial charge in [-0.2, -0.15) is 0 Å². The second kappa shape index (κ2) is 3.27. The van der Waals surface area contributed by atoms with Crippen molar-refractivity contribution >= 4 is 17.5 Å². The molecule has 15 heavy (non-hydrogen) atoms. The molecule has 2 amide bonds. The molecule has 0 aliphatic carbocycles. The summed E-state index contributed by atoms with van der Waals surface area (Å²) < 4.78 is 5.20. The van der Waals surface area contributed by atoms with Gasteiger partial charge in [-0.3, -0.25) is 9.59 Å². The first-order chi connectivity index (χ1) is 7.09. The van der Waals surface area contributed by atoms with E-state index < -0.39 is 5.91 Å². The summed E-state index contributed by atoms with van der Waals surface area (Å²) in [6.45, 7) is 0.0272. The molecule has 2 rings (SSSR count). The van der Waals surface area contributed by atoms with Crippen LogP contribution in [0.25, 0.3) is 0 Å². The van der Waals surface area contributed by atoms with Crippen LogP contribution in [-0.4, -0.2) is 25.5 Å². The molecule has 0 fully saturated rings. The fourth-order valence-corrected chi connectivity index (χ4v) is 1.43. The number of benzene rings is 1. The van der Waals surface area contributed by atoms with Crippen LogP contribution >= 0.6 is 0 Å². The lowest BCUT2D eigenvalue weighted by atomic mass is 10.1. The van der Waals surface area contributed by atoms with Crippen LogP contribution in [0.5, 0.6) is 5.75 Å². The number of likely N-dealkylation sites (N-methyl/N-ethyl adjacent to an activating group) is 1. The van der Waals surface area contributed by atoms with Crippen LogP contribution in [-0.2, 0) is 4.79 Å². The number of amides is 2. The van der Waals surface area contributed by atoms with Crippen molar-refractivity contribution in [2.24, 2.45) is 5.73 Å². The topological polar surface area (TPSA) is 72.6 Å². The third-order valence-electron chi connectivity index (χ3n) is 2.33. The molecule has 0 aromatic heterocycles. The van der Waals surface area contributed by atoms with Crippen LogP contribution in [0, 0.1) is 0 Å². The molecule has 0 saturated carbocycles. The largest absolute Gasteiger partial charge is 0.482 e. The van der Waals surface area contributed by atoms with E-state index in [2.05, 4.69) is 0 Å². The zero-order chi connectivity index (χ0) is 11.0. The number of hydrogen-bond acceptors (Lipinski definition) is 3. The van der Waals surface area contributed by atoms with Gasteiger partial charge in [0.15, 0.2) is 6.61 Å². The Labute approximate surface area is 86.4 Å². The smallest absolute Gasteiger partial charge is 0.264 e. The number of nitrogens with zero attached hydrogens (tertiary/aromatic N) is 1. The van der Waals surface area contributed by atoms with E-state index in [0.29, 0.717) is 17.0 Å². The molecule has 0 spiro atoms. The third-order valence-corrected chi connectivity index (χ3v) is 2.33. The summed E-state index contributed by atoms with van der Waals surface area (Å²) in [5.41, 5.74) is 6.08. The number of primary amides is 1. The summed E-state index contributed by atoms with van der Waals surface area (Å²) in [6, 6.07) is 4.76. The van der Waals surface area contributed by atoms with Gasteiger partial charge in [0.2, 0.25) is 5.91 Å². The minimum atomic E-state index is -0.524. The lowest BCUT2D eigenvalue weighted by Gasteiger charge is -2.26. The van der Waals surface area contributed by atoms with Gasteiger partial charge < -0.3 is 15.4 Å². The summed E-state index contributed by atoms with van der Waals surface area (Å²) in [6.07, 6.45) is 0. The first-order valence-electron chi connectivity index (χ1n) is 4.43. The number of fused-ring (bicyclic) bond motifs is 1. The molecule has 1 aromatic rings. The highest BCUT2D eigenvalue weighted by Gasteiger charge is 2.22. The Morgan fingerprint density at radius 1 is 1.53 bits per heavy atom. The molecule has 5 heteroatoms. The molecule has 0 atom stereocenters. The van der Waals surface area contributed by atoms with E-state index in [1.807, 2.05) is 0 Å². The van der Waals surface area contributed by atoms with Gasteiger partial charge in [-0.05, 0) is 18.2 Å². The summed E-state index contributed by atoms with van der Waals surface area (Å²) in [5, 5.41) is 0. The van der Waals surface area contributed by atoms with Gasteiger partial charge >= 0.3 is 0 Å². The Morgan fingerprint density at radius 3 is 2.93 bits per heavy atom. The number of hydrogen-bond donors (Lipinski definition) is 1.